The lowest BCUT2D eigenvalue weighted by atomic mass is 10.1. The lowest BCUT2D eigenvalue weighted by Crippen LogP contribution is -2.33. The fourth-order valence-electron chi connectivity index (χ4n) is 1.96. The molecule has 0 bridgehead atoms. The maximum atomic E-state index is 11.4. The zero-order valence-corrected chi connectivity index (χ0v) is 10.5. The van der Waals surface area contributed by atoms with Crippen molar-refractivity contribution in [3.8, 4) is 0 Å². The molecule has 5 nitrogen and oxygen atoms in total. The Balaban J connectivity index is 2.83. The van der Waals surface area contributed by atoms with E-state index in [1.807, 2.05) is 6.92 Å². The highest BCUT2D eigenvalue weighted by Gasteiger charge is 2.25. The van der Waals surface area contributed by atoms with E-state index in [0.29, 0.717) is 0 Å². The maximum absolute atomic E-state index is 11.4. The van der Waals surface area contributed by atoms with Crippen molar-refractivity contribution in [3.63, 3.8) is 0 Å². The first-order valence-electron chi connectivity index (χ1n) is 5.64. The summed E-state index contributed by atoms with van der Waals surface area (Å²) in [6.45, 7) is 4.32. The summed E-state index contributed by atoms with van der Waals surface area (Å²) in [4.78, 5) is 28.2. The van der Waals surface area contributed by atoms with Gasteiger partial charge in [0.25, 0.3) is 0 Å². The average Bonchev–Trinajstić information content (AvgIpc) is 2.82. The third kappa shape index (κ3) is 3.15. The van der Waals surface area contributed by atoms with Crippen molar-refractivity contribution in [3.05, 3.63) is 11.8 Å². The zero-order chi connectivity index (χ0) is 12.8. The van der Waals surface area contributed by atoms with Crippen LogP contribution in [0.2, 0.25) is 0 Å². The normalized spacial score (nSPS) is 21.6. The Morgan fingerprint density at radius 2 is 2.24 bits per heavy atom. The summed E-state index contributed by atoms with van der Waals surface area (Å²) in [7, 11) is 1.32. The number of amides is 1. The van der Waals surface area contributed by atoms with Gasteiger partial charge in [0.1, 0.15) is 5.70 Å². The monoisotopic (exact) mass is 238 g/mol. The van der Waals surface area contributed by atoms with Gasteiger partial charge in [-0.3, -0.25) is 4.79 Å². The predicted molar refractivity (Wildman–Crippen MR) is 64.7 cm³/mol. The number of ether oxygens (including phenoxy) is 1. The highest BCUT2D eigenvalue weighted by atomic mass is 16.5. The van der Waals surface area contributed by atoms with E-state index in [1.54, 1.807) is 17.9 Å². The molecule has 0 radical (unpaired) electrons. The molecule has 1 saturated heterocycles. The van der Waals surface area contributed by atoms with E-state index in [2.05, 4.69) is 9.73 Å². The van der Waals surface area contributed by atoms with E-state index in [-0.39, 0.29) is 11.7 Å². The second-order valence-corrected chi connectivity index (χ2v) is 3.92. The van der Waals surface area contributed by atoms with Crippen molar-refractivity contribution >= 4 is 18.1 Å². The van der Waals surface area contributed by atoms with Crippen molar-refractivity contribution in [2.45, 2.75) is 32.7 Å². The van der Waals surface area contributed by atoms with Crippen molar-refractivity contribution < 1.29 is 14.3 Å². The van der Waals surface area contributed by atoms with Crippen LogP contribution in [0, 0.1) is 0 Å². The topological polar surface area (TPSA) is 59.0 Å². The standard InChI is InChI=1S/C12H18N2O3/c1-4-10(12(16)17-3)13-9(2)11-6-5-7-14(11)8-15/h4,8,11H,5-7H2,1-3H3/b10-4-,13-9+. The number of carbonyl (C=O) groups excluding carboxylic acids is 2. The summed E-state index contributed by atoms with van der Waals surface area (Å²) in [5.74, 6) is -0.456. The van der Waals surface area contributed by atoms with E-state index < -0.39 is 5.97 Å². The van der Waals surface area contributed by atoms with Gasteiger partial charge >= 0.3 is 5.97 Å². The third-order valence-electron chi connectivity index (χ3n) is 2.88. The quantitative estimate of drug-likeness (QED) is 0.319. The van der Waals surface area contributed by atoms with Crippen molar-refractivity contribution in [2.75, 3.05) is 13.7 Å². The third-order valence-corrected chi connectivity index (χ3v) is 2.88. The van der Waals surface area contributed by atoms with E-state index >= 15 is 0 Å². The number of aliphatic imine (C=N–C) groups is 1. The van der Waals surface area contributed by atoms with Gasteiger partial charge < -0.3 is 9.64 Å². The smallest absolute Gasteiger partial charge is 0.356 e. The summed E-state index contributed by atoms with van der Waals surface area (Å²) < 4.78 is 4.62. The molecule has 5 heteroatoms. The van der Waals surface area contributed by atoms with Gasteiger partial charge in [-0.1, -0.05) is 6.08 Å². The maximum Gasteiger partial charge on any atom is 0.356 e. The number of esters is 1. The number of hydrogen-bond donors (Lipinski definition) is 0. The molecule has 1 aliphatic rings. The molecule has 0 aromatic heterocycles. The summed E-state index contributed by atoms with van der Waals surface area (Å²) in [6, 6.07) is 0.00658. The number of allylic oxidation sites excluding steroid dienone is 1. The number of hydrogen-bond acceptors (Lipinski definition) is 4. The van der Waals surface area contributed by atoms with Crippen molar-refractivity contribution in [1.82, 2.24) is 4.90 Å². The van der Waals surface area contributed by atoms with Gasteiger partial charge in [-0.25, -0.2) is 9.79 Å². The van der Waals surface area contributed by atoms with Gasteiger partial charge in [0.15, 0.2) is 0 Å². The highest BCUT2D eigenvalue weighted by Crippen LogP contribution is 2.17. The molecule has 1 unspecified atom stereocenters. The molecule has 0 aromatic rings. The minimum atomic E-state index is -0.456. The van der Waals surface area contributed by atoms with Crippen LogP contribution in [0.1, 0.15) is 26.7 Å². The molecule has 0 spiro atoms. The molecule has 17 heavy (non-hydrogen) atoms. The minimum absolute atomic E-state index is 0.00658. The number of likely N-dealkylation sites (tertiary alicyclic amines) is 1. The lowest BCUT2D eigenvalue weighted by Gasteiger charge is -2.19. The molecule has 94 valence electrons. The molecule has 0 aromatic carbocycles. The van der Waals surface area contributed by atoms with Gasteiger partial charge in [-0.2, -0.15) is 0 Å². The second-order valence-electron chi connectivity index (χ2n) is 3.92. The van der Waals surface area contributed by atoms with Crippen LogP contribution in [-0.2, 0) is 14.3 Å². The Hall–Kier alpha value is -1.65. The average molecular weight is 238 g/mol. The van der Waals surface area contributed by atoms with Crippen molar-refractivity contribution in [2.24, 2.45) is 4.99 Å². The predicted octanol–water partition coefficient (Wildman–Crippen LogP) is 1.14. The van der Waals surface area contributed by atoms with Crippen LogP contribution in [0.3, 0.4) is 0 Å². The van der Waals surface area contributed by atoms with Crippen LogP contribution in [0.25, 0.3) is 0 Å². The van der Waals surface area contributed by atoms with Gasteiger partial charge in [0, 0.05) is 12.3 Å². The summed E-state index contributed by atoms with van der Waals surface area (Å²) in [5.41, 5.74) is 1.05. The molecule has 1 atom stereocenters. The lowest BCUT2D eigenvalue weighted by molar-refractivity contribution is -0.136. The Bertz CT molecular complexity index is 361. The molecule has 0 saturated carbocycles. The molecule has 0 aliphatic carbocycles. The number of methoxy groups -OCH3 is 1. The first-order chi connectivity index (χ1) is 8.13. The van der Waals surface area contributed by atoms with Crippen LogP contribution >= 0.6 is 0 Å². The van der Waals surface area contributed by atoms with Gasteiger partial charge in [-0.15, -0.1) is 0 Å². The Kier molecular flexibility index (Phi) is 4.87. The zero-order valence-electron chi connectivity index (χ0n) is 10.5. The van der Waals surface area contributed by atoms with Gasteiger partial charge in [0.05, 0.1) is 13.2 Å². The Morgan fingerprint density at radius 3 is 2.76 bits per heavy atom. The molecule has 1 rings (SSSR count). The van der Waals surface area contributed by atoms with E-state index in [9.17, 15) is 9.59 Å². The van der Waals surface area contributed by atoms with E-state index in [4.69, 9.17) is 0 Å². The molecule has 0 N–H and O–H groups in total. The molecule has 1 heterocycles. The van der Waals surface area contributed by atoms with Crippen LogP contribution in [0.4, 0.5) is 0 Å². The highest BCUT2D eigenvalue weighted by molar-refractivity contribution is 5.96. The molecular formula is C12H18N2O3. The van der Waals surface area contributed by atoms with E-state index in [1.165, 1.54) is 7.11 Å². The summed E-state index contributed by atoms with van der Waals surface area (Å²) >= 11 is 0. The second kappa shape index (κ2) is 6.18. The Labute approximate surface area is 101 Å². The van der Waals surface area contributed by atoms with E-state index in [0.717, 1.165) is 31.5 Å². The van der Waals surface area contributed by atoms with Gasteiger partial charge in [-0.05, 0) is 26.7 Å². The summed E-state index contributed by atoms with van der Waals surface area (Å²) in [6.07, 6.45) is 4.31. The molecule has 1 fully saturated rings. The van der Waals surface area contributed by atoms with Crippen LogP contribution in [0.15, 0.2) is 16.8 Å². The summed E-state index contributed by atoms with van der Waals surface area (Å²) in [5, 5.41) is 0. The largest absolute Gasteiger partial charge is 0.464 e. The number of carbonyl (C=O) groups is 2. The first-order valence-corrected chi connectivity index (χ1v) is 5.64. The molecular weight excluding hydrogens is 220 g/mol. The molecule has 1 aliphatic heterocycles. The van der Waals surface area contributed by atoms with Crippen LogP contribution in [0.5, 0.6) is 0 Å². The number of rotatable bonds is 4. The Morgan fingerprint density at radius 1 is 1.53 bits per heavy atom. The first kappa shape index (κ1) is 13.4. The molecule has 1 amide bonds. The number of nitrogens with zero attached hydrogens (tertiary/aromatic N) is 2. The van der Waals surface area contributed by atoms with Crippen LogP contribution in [-0.4, -0.2) is 42.7 Å². The fraction of sp³-hybridized carbons (Fsp3) is 0.583. The SMILES string of the molecule is C/C=C(\N=C(/C)C1CCCN1C=O)C(=O)OC. The van der Waals surface area contributed by atoms with Crippen molar-refractivity contribution in [1.29, 1.82) is 0 Å². The minimum Gasteiger partial charge on any atom is -0.464 e. The van der Waals surface area contributed by atoms with Crippen LogP contribution < -0.4 is 0 Å². The van der Waals surface area contributed by atoms with Gasteiger partial charge in [0.2, 0.25) is 6.41 Å². The fourth-order valence-corrected chi connectivity index (χ4v) is 1.96.